The minimum absolute atomic E-state index is 0.573. The number of benzene rings is 1. The fourth-order valence-electron chi connectivity index (χ4n) is 2.07. The molecular formula is C15H11Br2N3O. The van der Waals surface area contributed by atoms with Crippen molar-refractivity contribution in [3.63, 3.8) is 0 Å². The van der Waals surface area contributed by atoms with Crippen molar-refractivity contribution < 1.29 is 4.74 Å². The topological polar surface area (TPSA) is 61.0 Å². The van der Waals surface area contributed by atoms with Crippen LogP contribution in [0.4, 0.5) is 5.69 Å². The normalized spacial score (nSPS) is 10.8. The van der Waals surface area contributed by atoms with E-state index in [9.17, 15) is 0 Å². The van der Waals surface area contributed by atoms with E-state index in [0.29, 0.717) is 22.7 Å². The van der Waals surface area contributed by atoms with Gasteiger partial charge in [0.05, 0.1) is 11.2 Å². The molecule has 0 aliphatic carbocycles. The van der Waals surface area contributed by atoms with Gasteiger partial charge >= 0.3 is 0 Å². The zero-order chi connectivity index (χ0) is 15.0. The highest BCUT2D eigenvalue weighted by molar-refractivity contribution is 9.10. The Morgan fingerprint density at radius 3 is 2.67 bits per heavy atom. The summed E-state index contributed by atoms with van der Waals surface area (Å²) in [7, 11) is 0. The van der Waals surface area contributed by atoms with Crippen LogP contribution in [-0.4, -0.2) is 9.97 Å². The third-order valence-electron chi connectivity index (χ3n) is 2.99. The highest BCUT2D eigenvalue weighted by atomic mass is 79.9. The standard InChI is InChI=1S/C15H11Br2N3O/c1-8-4-9(16)5-11(18)15(8)21-13-2-3-19-12-6-10(17)7-20-14(12)13/h2-7H,18H2,1H3. The minimum atomic E-state index is 0.573. The molecule has 0 aliphatic rings. The van der Waals surface area contributed by atoms with E-state index in [0.717, 1.165) is 20.0 Å². The molecule has 4 nitrogen and oxygen atoms in total. The van der Waals surface area contributed by atoms with Crippen molar-refractivity contribution in [2.24, 2.45) is 0 Å². The first-order valence-electron chi connectivity index (χ1n) is 6.18. The smallest absolute Gasteiger partial charge is 0.156 e. The SMILES string of the molecule is Cc1cc(Br)cc(N)c1Oc1ccnc2cc(Br)cnc12. The molecule has 0 saturated heterocycles. The van der Waals surface area contributed by atoms with Gasteiger partial charge in [-0.05, 0) is 46.6 Å². The molecule has 0 bridgehead atoms. The van der Waals surface area contributed by atoms with Gasteiger partial charge in [-0.15, -0.1) is 0 Å². The lowest BCUT2D eigenvalue weighted by atomic mass is 10.2. The minimum Gasteiger partial charge on any atom is -0.453 e. The monoisotopic (exact) mass is 407 g/mol. The Kier molecular flexibility index (Phi) is 3.82. The molecule has 0 unspecified atom stereocenters. The van der Waals surface area contributed by atoms with Gasteiger partial charge in [0.1, 0.15) is 5.52 Å². The van der Waals surface area contributed by atoms with E-state index in [-0.39, 0.29) is 0 Å². The number of halogens is 2. The van der Waals surface area contributed by atoms with Crippen LogP contribution in [0.1, 0.15) is 5.56 Å². The van der Waals surface area contributed by atoms with Crippen LogP contribution < -0.4 is 10.5 Å². The Bertz CT molecular complexity index is 813. The Morgan fingerprint density at radius 2 is 1.90 bits per heavy atom. The highest BCUT2D eigenvalue weighted by Crippen LogP contribution is 2.35. The summed E-state index contributed by atoms with van der Waals surface area (Å²) in [6.07, 6.45) is 3.41. The first kappa shape index (κ1) is 14.3. The molecule has 21 heavy (non-hydrogen) atoms. The molecular weight excluding hydrogens is 398 g/mol. The van der Waals surface area contributed by atoms with Crippen molar-refractivity contribution in [2.45, 2.75) is 6.92 Å². The van der Waals surface area contributed by atoms with E-state index < -0.39 is 0 Å². The second-order valence-electron chi connectivity index (χ2n) is 4.57. The maximum atomic E-state index is 6.04. The Hall–Kier alpha value is -1.66. The number of fused-ring (bicyclic) bond motifs is 1. The molecule has 0 radical (unpaired) electrons. The molecule has 2 aromatic heterocycles. The zero-order valence-electron chi connectivity index (χ0n) is 11.1. The van der Waals surface area contributed by atoms with Gasteiger partial charge < -0.3 is 10.5 Å². The summed E-state index contributed by atoms with van der Waals surface area (Å²) in [4.78, 5) is 8.66. The molecule has 0 amide bonds. The van der Waals surface area contributed by atoms with Crippen LogP contribution in [0.15, 0.2) is 45.6 Å². The molecule has 0 saturated carbocycles. The first-order chi connectivity index (χ1) is 10.0. The second-order valence-corrected chi connectivity index (χ2v) is 6.40. The fraction of sp³-hybridized carbons (Fsp3) is 0.0667. The summed E-state index contributed by atoms with van der Waals surface area (Å²) in [5.74, 6) is 1.26. The summed E-state index contributed by atoms with van der Waals surface area (Å²) in [5.41, 5.74) is 9.02. The van der Waals surface area contributed by atoms with Crippen LogP contribution in [0, 0.1) is 6.92 Å². The van der Waals surface area contributed by atoms with Crippen molar-refractivity contribution in [1.82, 2.24) is 9.97 Å². The van der Waals surface area contributed by atoms with Gasteiger partial charge in [0, 0.05) is 27.4 Å². The van der Waals surface area contributed by atoms with Gasteiger partial charge in [-0.2, -0.15) is 0 Å². The molecule has 106 valence electrons. The number of hydrogen-bond donors (Lipinski definition) is 1. The summed E-state index contributed by atoms with van der Waals surface area (Å²) >= 11 is 6.80. The number of aromatic nitrogens is 2. The van der Waals surface area contributed by atoms with Gasteiger partial charge in [-0.3, -0.25) is 4.98 Å². The second kappa shape index (κ2) is 5.61. The Labute approximate surface area is 138 Å². The number of anilines is 1. The van der Waals surface area contributed by atoms with Crippen LogP contribution in [0.5, 0.6) is 11.5 Å². The number of nitrogens with zero attached hydrogens (tertiary/aromatic N) is 2. The maximum absolute atomic E-state index is 6.04. The third kappa shape index (κ3) is 2.87. The average molecular weight is 409 g/mol. The predicted molar refractivity (Wildman–Crippen MR) is 90.6 cm³/mol. The molecule has 0 atom stereocenters. The van der Waals surface area contributed by atoms with Crippen molar-refractivity contribution >= 4 is 48.6 Å². The van der Waals surface area contributed by atoms with Crippen molar-refractivity contribution in [1.29, 1.82) is 0 Å². The van der Waals surface area contributed by atoms with E-state index in [4.69, 9.17) is 10.5 Å². The van der Waals surface area contributed by atoms with Crippen LogP contribution >= 0.6 is 31.9 Å². The summed E-state index contributed by atoms with van der Waals surface area (Å²) < 4.78 is 7.78. The lowest BCUT2D eigenvalue weighted by Gasteiger charge is -2.13. The van der Waals surface area contributed by atoms with E-state index in [1.165, 1.54) is 0 Å². The molecule has 2 heterocycles. The lowest BCUT2D eigenvalue weighted by Crippen LogP contribution is -1.96. The third-order valence-corrected chi connectivity index (χ3v) is 3.88. The molecule has 3 aromatic rings. The Morgan fingerprint density at radius 1 is 1.10 bits per heavy atom. The van der Waals surface area contributed by atoms with E-state index in [2.05, 4.69) is 41.8 Å². The summed E-state index contributed by atoms with van der Waals surface area (Å²) in [5, 5.41) is 0. The van der Waals surface area contributed by atoms with E-state index >= 15 is 0 Å². The van der Waals surface area contributed by atoms with Crippen LogP contribution in [0.25, 0.3) is 11.0 Å². The molecule has 6 heteroatoms. The Balaban J connectivity index is 2.11. The van der Waals surface area contributed by atoms with Gasteiger partial charge in [0.25, 0.3) is 0 Å². The molecule has 0 fully saturated rings. The first-order valence-corrected chi connectivity index (χ1v) is 7.77. The number of rotatable bonds is 2. The quantitative estimate of drug-likeness (QED) is 0.616. The summed E-state index contributed by atoms with van der Waals surface area (Å²) in [6, 6.07) is 7.45. The van der Waals surface area contributed by atoms with Gasteiger partial charge in [0.15, 0.2) is 11.5 Å². The molecule has 1 aromatic carbocycles. The maximum Gasteiger partial charge on any atom is 0.156 e. The highest BCUT2D eigenvalue weighted by Gasteiger charge is 2.11. The zero-order valence-corrected chi connectivity index (χ0v) is 14.3. The number of nitrogens with two attached hydrogens (primary N) is 1. The fourth-order valence-corrected chi connectivity index (χ4v) is 2.98. The number of pyridine rings is 2. The lowest BCUT2D eigenvalue weighted by molar-refractivity contribution is 0.485. The van der Waals surface area contributed by atoms with E-state index in [1.807, 2.05) is 25.1 Å². The van der Waals surface area contributed by atoms with Crippen molar-refractivity contribution in [2.75, 3.05) is 5.73 Å². The molecule has 2 N–H and O–H groups in total. The number of nitrogen functional groups attached to an aromatic ring is 1. The number of aryl methyl sites for hydroxylation is 1. The predicted octanol–water partition coefficient (Wildman–Crippen LogP) is 4.84. The van der Waals surface area contributed by atoms with Gasteiger partial charge in [0.2, 0.25) is 0 Å². The summed E-state index contributed by atoms with van der Waals surface area (Å²) in [6.45, 7) is 1.95. The largest absolute Gasteiger partial charge is 0.453 e. The van der Waals surface area contributed by atoms with Crippen LogP contribution in [-0.2, 0) is 0 Å². The van der Waals surface area contributed by atoms with Crippen LogP contribution in [0.3, 0.4) is 0 Å². The van der Waals surface area contributed by atoms with Gasteiger partial charge in [-0.25, -0.2) is 4.98 Å². The van der Waals surface area contributed by atoms with Crippen molar-refractivity contribution in [3.8, 4) is 11.5 Å². The van der Waals surface area contributed by atoms with Crippen LogP contribution in [0.2, 0.25) is 0 Å². The number of ether oxygens (including phenoxy) is 1. The molecule has 0 spiro atoms. The average Bonchev–Trinajstić information content (AvgIpc) is 2.42. The van der Waals surface area contributed by atoms with Gasteiger partial charge in [-0.1, -0.05) is 15.9 Å². The molecule has 3 rings (SSSR count). The molecule has 0 aliphatic heterocycles. The number of hydrogen-bond acceptors (Lipinski definition) is 4. The van der Waals surface area contributed by atoms with E-state index in [1.54, 1.807) is 18.5 Å². The van der Waals surface area contributed by atoms with Crippen molar-refractivity contribution in [3.05, 3.63) is 51.2 Å².